The van der Waals surface area contributed by atoms with E-state index in [1.807, 2.05) is 4.90 Å². The molecule has 0 amide bonds. The minimum absolute atomic E-state index is 0.325. The van der Waals surface area contributed by atoms with Gasteiger partial charge in [0.05, 0.1) is 5.56 Å². The smallest absolute Gasteiger partial charge is 0.371 e. The van der Waals surface area contributed by atoms with Gasteiger partial charge in [-0.25, -0.2) is 0 Å². The Hall–Kier alpha value is -1.23. The second-order valence-corrected chi connectivity index (χ2v) is 6.12. The van der Waals surface area contributed by atoms with Crippen LogP contribution in [0.1, 0.15) is 31.4 Å². The van der Waals surface area contributed by atoms with Crippen molar-refractivity contribution in [3.63, 3.8) is 0 Å². The van der Waals surface area contributed by atoms with Gasteiger partial charge in [-0.15, -0.1) is 0 Å². The molecule has 1 unspecified atom stereocenters. The maximum Gasteiger partial charge on any atom is 0.418 e. The largest absolute Gasteiger partial charge is 0.418 e. The average molecular weight is 300 g/mol. The van der Waals surface area contributed by atoms with Crippen molar-refractivity contribution in [3.05, 3.63) is 29.3 Å². The maximum atomic E-state index is 13.3. The van der Waals surface area contributed by atoms with Crippen LogP contribution in [0.3, 0.4) is 0 Å². The molecule has 1 aliphatic heterocycles. The Morgan fingerprint density at radius 1 is 1.33 bits per heavy atom. The molecule has 0 bridgehead atoms. The highest BCUT2D eigenvalue weighted by Crippen LogP contribution is 2.39. The Kier molecular flexibility index (Phi) is 4.81. The van der Waals surface area contributed by atoms with E-state index < -0.39 is 11.7 Å². The van der Waals surface area contributed by atoms with Crippen LogP contribution in [0.15, 0.2) is 18.2 Å². The molecule has 1 saturated heterocycles. The molecule has 118 valence electrons. The fraction of sp³-hybridized carbons (Fsp3) is 0.625. The summed E-state index contributed by atoms with van der Waals surface area (Å²) in [6, 6.07) is 4.68. The summed E-state index contributed by atoms with van der Waals surface area (Å²) < 4.78 is 40.0. The van der Waals surface area contributed by atoms with Crippen LogP contribution in [-0.2, 0) is 12.7 Å². The first kappa shape index (κ1) is 16.1. The molecule has 1 aliphatic rings. The monoisotopic (exact) mass is 300 g/mol. The predicted octanol–water partition coefficient (Wildman–Crippen LogP) is 3.91. The molecule has 2 rings (SSSR count). The van der Waals surface area contributed by atoms with E-state index in [0.717, 1.165) is 6.42 Å². The molecule has 1 aromatic carbocycles. The maximum absolute atomic E-state index is 13.3. The molecule has 0 spiro atoms. The van der Waals surface area contributed by atoms with E-state index >= 15 is 0 Å². The molecule has 1 N–H and O–H groups in total. The Bertz CT molecular complexity index is 483. The Balaban J connectivity index is 2.31. The topological polar surface area (TPSA) is 15.3 Å². The van der Waals surface area contributed by atoms with Crippen LogP contribution in [0.25, 0.3) is 0 Å². The average Bonchev–Trinajstić information content (AvgIpc) is 2.87. The first-order valence-corrected chi connectivity index (χ1v) is 7.42. The normalized spacial score (nSPS) is 19.6. The second-order valence-electron chi connectivity index (χ2n) is 6.12. The summed E-state index contributed by atoms with van der Waals surface area (Å²) in [5.41, 5.74) is 0.471. The van der Waals surface area contributed by atoms with Crippen LogP contribution in [0, 0.1) is 11.8 Å². The zero-order chi connectivity index (χ0) is 15.6. The van der Waals surface area contributed by atoms with Gasteiger partial charge >= 0.3 is 6.18 Å². The van der Waals surface area contributed by atoms with Gasteiger partial charge in [-0.2, -0.15) is 13.2 Å². The van der Waals surface area contributed by atoms with Gasteiger partial charge in [-0.05, 0) is 43.0 Å². The molecule has 0 aliphatic carbocycles. The van der Waals surface area contributed by atoms with E-state index in [9.17, 15) is 13.2 Å². The SMILES string of the molecule is CNCc1ccc(N2CCC(C(C)C)C2)c(C(F)(F)F)c1. The summed E-state index contributed by atoms with van der Waals surface area (Å²) in [6.07, 6.45) is -3.35. The van der Waals surface area contributed by atoms with Gasteiger partial charge < -0.3 is 10.2 Å². The zero-order valence-corrected chi connectivity index (χ0v) is 12.8. The Labute approximate surface area is 124 Å². The molecule has 0 radical (unpaired) electrons. The van der Waals surface area contributed by atoms with Gasteiger partial charge in [0, 0.05) is 25.3 Å². The van der Waals surface area contributed by atoms with Crippen LogP contribution in [0.5, 0.6) is 0 Å². The summed E-state index contributed by atoms with van der Waals surface area (Å²) in [5.74, 6) is 0.982. The molecule has 0 saturated carbocycles. The summed E-state index contributed by atoms with van der Waals surface area (Å²) in [5, 5.41) is 2.89. The molecule has 21 heavy (non-hydrogen) atoms. The minimum Gasteiger partial charge on any atom is -0.371 e. The highest BCUT2D eigenvalue weighted by Gasteiger charge is 2.37. The third kappa shape index (κ3) is 3.70. The molecule has 1 atom stereocenters. The highest BCUT2D eigenvalue weighted by molar-refractivity contribution is 5.57. The van der Waals surface area contributed by atoms with Crippen LogP contribution < -0.4 is 10.2 Å². The summed E-state index contributed by atoms with van der Waals surface area (Å²) >= 11 is 0. The molecular weight excluding hydrogens is 277 g/mol. The standard InChI is InChI=1S/C16H23F3N2/c1-11(2)13-6-7-21(10-13)15-5-4-12(9-20-3)8-14(15)16(17,18)19/h4-5,8,11,13,20H,6-7,9-10H2,1-3H3. The highest BCUT2D eigenvalue weighted by atomic mass is 19.4. The lowest BCUT2D eigenvalue weighted by Gasteiger charge is -2.24. The summed E-state index contributed by atoms with van der Waals surface area (Å²) in [6.45, 7) is 6.13. The van der Waals surface area contributed by atoms with E-state index in [0.29, 0.717) is 42.7 Å². The molecule has 1 aromatic rings. The van der Waals surface area contributed by atoms with Gasteiger partial charge in [-0.3, -0.25) is 0 Å². The van der Waals surface area contributed by atoms with Crippen LogP contribution in [-0.4, -0.2) is 20.1 Å². The van der Waals surface area contributed by atoms with Crippen LogP contribution in [0.4, 0.5) is 18.9 Å². The number of alkyl halides is 3. The van der Waals surface area contributed by atoms with Crippen molar-refractivity contribution in [2.24, 2.45) is 11.8 Å². The fourth-order valence-electron chi connectivity index (χ4n) is 2.95. The summed E-state index contributed by atoms with van der Waals surface area (Å²) in [7, 11) is 1.73. The van der Waals surface area contributed by atoms with Crippen LogP contribution in [0.2, 0.25) is 0 Å². The third-order valence-electron chi connectivity index (χ3n) is 4.26. The molecule has 0 aromatic heterocycles. The van der Waals surface area contributed by atoms with E-state index in [4.69, 9.17) is 0 Å². The van der Waals surface area contributed by atoms with Gasteiger partial charge in [0.15, 0.2) is 0 Å². The molecule has 5 heteroatoms. The first-order chi connectivity index (χ1) is 9.82. The number of benzene rings is 1. The van der Waals surface area contributed by atoms with Gasteiger partial charge in [-0.1, -0.05) is 19.9 Å². The Morgan fingerprint density at radius 3 is 2.57 bits per heavy atom. The first-order valence-electron chi connectivity index (χ1n) is 7.42. The van der Waals surface area contributed by atoms with E-state index in [1.165, 1.54) is 6.07 Å². The van der Waals surface area contributed by atoms with Crippen molar-refractivity contribution < 1.29 is 13.2 Å². The third-order valence-corrected chi connectivity index (χ3v) is 4.26. The van der Waals surface area contributed by atoms with Crippen molar-refractivity contribution in [3.8, 4) is 0 Å². The van der Waals surface area contributed by atoms with Crippen molar-refractivity contribution in [2.75, 3.05) is 25.0 Å². The van der Waals surface area contributed by atoms with E-state index in [-0.39, 0.29) is 0 Å². The van der Waals surface area contributed by atoms with Gasteiger partial charge in [0.25, 0.3) is 0 Å². The molecular formula is C16H23F3N2. The van der Waals surface area contributed by atoms with E-state index in [1.54, 1.807) is 19.2 Å². The number of hydrogen-bond donors (Lipinski definition) is 1. The number of hydrogen-bond acceptors (Lipinski definition) is 2. The fourth-order valence-corrected chi connectivity index (χ4v) is 2.95. The number of halogens is 3. The Morgan fingerprint density at radius 2 is 2.05 bits per heavy atom. The van der Waals surface area contributed by atoms with Crippen molar-refractivity contribution >= 4 is 5.69 Å². The minimum atomic E-state index is -4.31. The predicted molar refractivity (Wildman–Crippen MR) is 79.4 cm³/mol. The van der Waals surface area contributed by atoms with E-state index in [2.05, 4.69) is 19.2 Å². The van der Waals surface area contributed by atoms with Crippen molar-refractivity contribution in [2.45, 2.75) is 33.0 Å². The molecule has 2 nitrogen and oxygen atoms in total. The van der Waals surface area contributed by atoms with Crippen LogP contribution >= 0.6 is 0 Å². The lowest BCUT2D eigenvalue weighted by Crippen LogP contribution is -2.24. The number of anilines is 1. The lowest BCUT2D eigenvalue weighted by molar-refractivity contribution is -0.137. The summed E-state index contributed by atoms with van der Waals surface area (Å²) in [4.78, 5) is 1.89. The van der Waals surface area contributed by atoms with Crippen molar-refractivity contribution in [1.82, 2.24) is 5.32 Å². The molecule has 1 heterocycles. The zero-order valence-electron chi connectivity index (χ0n) is 12.8. The second kappa shape index (κ2) is 6.26. The number of nitrogens with zero attached hydrogens (tertiary/aromatic N) is 1. The quantitative estimate of drug-likeness (QED) is 0.907. The number of rotatable bonds is 4. The lowest BCUT2D eigenvalue weighted by atomic mass is 9.95. The van der Waals surface area contributed by atoms with Gasteiger partial charge in [0.1, 0.15) is 0 Å². The van der Waals surface area contributed by atoms with Gasteiger partial charge in [0.2, 0.25) is 0 Å². The molecule has 1 fully saturated rings. The van der Waals surface area contributed by atoms with Crippen molar-refractivity contribution in [1.29, 1.82) is 0 Å². The number of nitrogens with one attached hydrogen (secondary N) is 1.